The summed E-state index contributed by atoms with van der Waals surface area (Å²) in [6, 6.07) is 0.451. The molecular weight excluding hydrogens is 288 g/mol. The fourth-order valence-corrected chi connectivity index (χ4v) is 3.76. The third kappa shape index (κ3) is 2.89. The fourth-order valence-electron chi connectivity index (χ4n) is 2.61. The van der Waals surface area contributed by atoms with Crippen LogP contribution in [0.5, 0.6) is 0 Å². The standard InChI is InChI=1S/C14H22N4O2S/c1-8(19)12-11(15)10(13(20)16-2)14(21-12)18-6-5-9(7-18)17(3)4/h9H,5-7,15H2,1-4H3,(H,16,20). The Hall–Kier alpha value is -1.60. The van der Waals surface area contributed by atoms with Gasteiger partial charge in [0.1, 0.15) is 5.00 Å². The van der Waals surface area contributed by atoms with Crippen LogP contribution in [0.25, 0.3) is 0 Å². The van der Waals surface area contributed by atoms with Gasteiger partial charge in [-0.25, -0.2) is 0 Å². The molecule has 1 atom stereocenters. The van der Waals surface area contributed by atoms with Crippen molar-refractivity contribution in [2.24, 2.45) is 0 Å². The molecule has 0 radical (unpaired) electrons. The zero-order valence-corrected chi connectivity index (χ0v) is 13.7. The number of nitrogens with one attached hydrogen (secondary N) is 1. The van der Waals surface area contributed by atoms with Crippen LogP contribution in [0.15, 0.2) is 0 Å². The highest BCUT2D eigenvalue weighted by Crippen LogP contribution is 2.40. The lowest BCUT2D eigenvalue weighted by molar-refractivity contribution is 0.0964. The summed E-state index contributed by atoms with van der Waals surface area (Å²) >= 11 is 1.32. The predicted octanol–water partition coefficient (Wildman–Crippen LogP) is 1.03. The number of anilines is 2. The smallest absolute Gasteiger partial charge is 0.256 e. The molecule has 1 saturated heterocycles. The summed E-state index contributed by atoms with van der Waals surface area (Å²) in [6.07, 6.45) is 1.04. The van der Waals surface area contributed by atoms with Gasteiger partial charge < -0.3 is 20.9 Å². The van der Waals surface area contributed by atoms with Crippen molar-refractivity contribution in [1.29, 1.82) is 0 Å². The van der Waals surface area contributed by atoms with Gasteiger partial charge in [0.05, 0.1) is 16.1 Å². The molecule has 0 saturated carbocycles. The first-order valence-electron chi connectivity index (χ1n) is 6.93. The maximum atomic E-state index is 12.1. The van der Waals surface area contributed by atoms with Crippen molar-refractivity contribution in [3.63, 3.8) is 0 Å². The first-order chi connectivity index (χ1) is 9.86. The number of carbonyl (C=O) groups is 2. The lowest BCUT2D eigenvalue weighted by Crippen LogP contribution is -2.32. The van der Waals surface area contributed by atoms with Gasteiger partial charge in [0, 0.05) is 33.1 Å². The molecule has 116 valence electrons. The fraction of sp³-hybridized carbons (Fsp3) is 0.571. The van der Waals surface area contributed by atoms with Crippen molar-refractivity contribution < 1.29 is 9.59 Å². The summed E-state index contributed by atoms with van der Waals surface area (Å²) in [5, 5.41) is 3.42. The van der Waals surface area contributed by atoms with E-state index in [4.69, 9.17) is 5.73 Å². The molecule has 1 aromatic heterocycles. The number of nitrogens with two attached hydrogens (primary N) is 1. The molecule has 3 N–H and O–H groups in total. The lowest BCUT2D eigenvalue weighted by Gasteiger charge is -2.21. The van der Waals surface area contributed by atoms with Gasteiger partial charge in [-0.2, -0.15) is 0 Å². The van der Waals surface area contributed by atoms with Gasteiger partial charge in [0.25, 0.3) is 5.91 Å². The second kappa shape index (κ2) is 6.03. The third-order valence-corrected chi connectivity index (χ3v) is 5.25. The normalized spacial score (nSPS) is 18.3. The van der Waals surface area contributed by atoms with Crippen LogP contribution < -0.4 is 16.0 Å². The highest BCUT2D eigenvalue weighted by Gasteiger charge is 2.31. The minimum atomic E-state index is -0.237. The third-order valence-electron chi connectivity index (χ3n) is 3.88. The summed E-state index contributed by atoms with van der Waals surface area (Å²) in [7, 11) is 5.68. The van der Waals surface area contributed by atoms with E-state index >= 15 is 0 Å². The molecule has 1 aromatic rings. The molecule has 21 heavy (non-hydrogen) atoms. The van der Waals surface area contributed by atoms with Gasteiger partial charge in [-0.3, -0.25) is 9.59 Å². The predicted molar refractivity (Wildman–Crippen MR) is 86.4 cm³/mol. The van der Waals surface area contributed by atoms with Crippen molar-refractivity contribution in [3.8, 4) is 0 Å². The Morgan fingerprint density at radius 3 is 2.57 bits per heavy atom. The Kier molecular flexibility index (Phi) is 4.53. The largest absolute Gasteiger partial charge is 0.397 e. The molecule has 1 fully saturated rings. The first kappa shape index (κ1) is 15.8. The van der Waals surface area contributed by atoms with Crippen molar-refractivity contribution in [3.05, 3.63) is 10.4 Å². The Morgan fingerprint density at radius 2 is 2.10 bits per heavy atom. The molecule has 0 aliphatic carbocycles. The maximum absolute atomic E-state index is 12.1. The summed E-state index contributed by atoms with van der Waals surface area (Å²) in [6.45, 7) is 3.19. The molecular formula is C14H22N4O2S. The monoisotopic (exact) mass is 310 g/mol. The van der Waals surface area contributed by atoms with E-state index in [2.05, 4.69) is 29.2 Å². The van der Waals surface area contributed by atoms with Gasteiger partial charge in [-0.1, -0.05) is 0 Å². The molecule has 1 aliphatic rings. The number of nitrogen functional groups attached to an aromatic ring is 1. The SMILES string of the molecule is CNC(=O)c1c(N2CCC(N(C)C)C2)sc(C(C)=O)c1N. The molecule has 2 rings (SSSR count). The van der Waals surface area contributed by atoms with Crippen LogP contribution in [0, 0.1) is 0 Å². The van der Waals surface area contributed by atoms with Crippen LogP contribution in [-0.2, 0) is 0 Å². The number of hydrogen-bond donors (Lipinski definition) is 2. The van der Waals surface area contributed by atoms with E-state index in [0.29, 0.717) is 22.2 Å². The zero-order chi connectivity index (χ0) is 15.7. The molecule has 0 aromatic carbocycles. The Labute approximate surface area is 128 Å². The zero-order valence-electron chi connectivity index (χ0n) is 12.9. The number of amides is 1. The number of rotatable bonds is 4. The van der Waals surface area contributed by atoms with Gasteiger partial charge >= 0.3 is 0 Å². The topological polar surface area (TPSA) is 78.7 Å². The van der Waals surface area contributed by atoms with Crippen LogP contribution in [0.2, 0.25) is 0 Å². The van der Waals surface area contributed by atoms with Gasteiger partial charge in [-0.05, 0) is 20.5 Å². The lowest BCUT2D eigenvalue weighted by atomic mass is 10.2. The molecule has 7 heteroatoms. The molecule has 1 aliphatic heterocycles. The van der Waals surface area contributed by atoms with E-state index in [0.717, 1.165) is 24.5 Å². The molecule has 2 heterocycles. The minimum Gasteiger partial charge on any atom is -0.397 e. The Morgan fingerprint density at radius 1 is 1.43 bits per heavy atom. The number of nitrogens with zero attached hydrogens (tertiary/aromatic N) is 2. The van der Waals surface area contributed by atoms with Crippen molar-refractivity contribution in [1.82, 2.24) is 10.2 Å². The van der Waals surface area contributed by atoms with Crippen molar-refractivity contribution in [2.45, 2.75) is 19.4 Å². The van der Waals surface area contributed by atoms with Gasteiger partial charge in [0.15, 0.2) is 5.78 Å². The second-order valence-corrected chi connectivity index (χ2v) is 6.51. The summed E-state index contributed by atoms with van der Waals surface area (Å²) in [4.78, 5) is 28.6. The summed E-state index contributed by atoms with van der Waals surface area (Å²) in [5.41, 5.74) is 6.77. The number of carbonyl (C=O) groups excluding carboxylic acids is 2. The van der Waals surface area contributed by atoms with E-state index < -0.39 is 0 Å². The number of ketones is 1. The van der Waals surface area contributed by atoms with Crippen LogP contribution >= 0.6 is 11.3 Å². The minimum absolute atomic E-state index is 0.0998. The quantitative estimate of drug-likeness (QED) is 0.812. The van der Waals surface area contributed by atoms with Crippen LogP contribution in [0.3, 0.4) is 0 Å². The maximum Gasteiger partial charge on any atom is 0.256 e. The van der Waals surface area contributed by atoms with E-state index in [1.807, 2.05) is 0 Å². The molecule has 1 amide bonds. The molecule has 0 bridgehead atoms. The highest BCUT2D eigenvalue weighted by atomic mass is 32.1. The van der Waals surface area contributed by atoms with E-state index in [1.165, 1.54) is 18.3 Å². The van der Waals surface area contributed by atoms with Crippen molar-refractivity contribution in [2.75, 3.05) is 44.9 Å². The number of likely N-dealkylation sites (N-methyl/N-ethyl adjacent to an activating group) is 1. The average Bonchev–Trinajstić information content (AvgIpc) is 3.02. The number of Topliss-reactive ketones (excluding diaryl/α,β-unsaturated/α-hetero) is 1. The highest BCUT2D eigenvalue weighted by molar-refractivity contribution is 7.19. The summed E-state index contributed by atoms with van der Waals surface area (Å²) < 4.78 is 0. The van der Waals surface area contributed by atoms with Crippen molar-refractivity contribution >= 4 is 33.7 Å². The Bertz CT molecular complexity index is 568. The molecule has 0 spiro atoms. The van der Waals surface area contributed by atoms with Gasteiger partial charge in [0.2, 0.25) is 0 Å². The molecule has 6 nitrogen and oxygen atoms in total. The summed E-state index contributed by atoms with van der Waals surface area (Å²) in [5.74, 6) is -0.336. The van der Waals surface area contributed by atoms with Crippen LogP contribution in [-0.4, -0.2) is 56.9 Å². The average molecular weight is 310 g/mol. The van der Waals surface area contributed by atoms with E-state index in [-0.39, 0.29) is 11.7 Å². The van der Waals surface area contributed by atoms with Crippen LogP contribution in [0.4, 0.5) is 10.7 Å². The van der Waals surface area contributed by atoms with Gasteiger partial charge in [-0.15, -0.1) is 11.3 Å². The number of hydrogen-bond acceptors (Lipinski definition) is 6. The Balaban J connectivity index is 2.41. The second-order valence-electron chi connectivity index (χ2n) is 5.51. The van der Waals surface area contributed by atoms with E-state index in [9.17, 15) is 9.59 Å². The number of thiophene rings is 1. The van der Waals surface area contributed by atoms with Crippen LogP contribution in [0.1, 0.15) is 33.4 Å². The van der Waals surface area contributed by atoms with E-state index in [1.54, 1.807) is 7.05 Å². The molecule has 1 unspecified atom stereocenters. The first-order valence-corrected chi connectivity index (χ1v) is 7.75.